The topological polar surface area (TPSA) is 38.1 Å². The fraction of sp³-hybridized carbons (Fsp3) is 0.444. The molecule has 3 nitrogen and oxygen atoms in total. The highest BCUT2D eigenvalue weighted by Crippen LogP contribution is 2.21. The van der Waals surface area contributed by atoms with Crippen LogP contribution >= 0.6 is 11.8 Å². The van der Waals surface area contributed by atoms with Gasteiger partial charge < -0.3 is 0 Å². The summed E-state index contributed by atoms with van der Waals surface area (Å²) in [4.78, 5) is 12.9. The van der Waals surface area contributed by atoms with Gasteiger partial charge in [-0.3, -0.25) is 15.0 Å². The lowest BCUT2D eigenvalue weighted by molar-refractivity contribution is 0.864. The summed E-state index contributed by atoms with van der Waals surface area (Å²) in [7, 11) is 0. The van der Waals surface area contributed by atoms with Gasteiger partial charge in [0, 0.05) is 11.9 Å². The van der Waals surface area contributed by atoms with E-state index >= 15 is 0 Å². The van der Waals surface area contributed by atoms with Gasteiger partial charge in [0.1, 0.15) is 10.7 Å². The normalized spacial score (nSPS) is 21.7. The van der Waals surface area contributed by atoms with E-state index in [-0.39, 0.29) is 0 Å². The van der Waals surface area contributed by atoms with Crippen molar-refractivity contribution < 1.29 is 0 Å². The zero-order valence-electron chi connectivity index (χ0n) is 7.69. The number of rotatable bonds is 1. The molecule has 0 spiro atoms. The molecule has 0 N–H and O–H groups in total. The Hall–Kier alpha value is -0.900. The van der Waals surface area contributed by atoms with Crippen LogP contribution in [0.1, 0.15) is 18.3 Å². The van der Waals surface area contributed by atoms with Crippen LogP contribution in [0.3, 0.4) is 0 Å². The van der Waals surface area contributed by atoms with Gasteiger partial charge in [-0.15, -0.1) is 11.8 Å². The molecule has 0 fully saturated rings. The Balaban J connectivity index is 2.26. The lowest BCUT2D eigenvalue weighted by Gasteiger charge is -1.97. The zero-order chi connectivity index (χ0) is 9.26. The molecule has 1 aliphatic rings. The van der Waals surface area contributed by atoms with Crippen molar-refractivity contribution in [2.45, 2.75) is 19.9 Å². The third-order valence-electron chi connectivity index (χ3n) is 1.80. The maximum Gasteiger partial charge on any atom is 0.118 e. The Morgan fingerprint density at radius 3 is 2.77 bits per heavy atom. The van der Waals surface area contributed by atoms with Gasteiger partial charge in [0.15, 0.2) is 0 Å². The van der Waals surface area contributed by atoms with Gasteiger partial charge >= 0.3 is 0 Å². The lowest BCUT2D eigenvalue weighted by atomic mass is 10.4. The minimum atomic E-state index is 0.420. The molecule has 0 aliphatic carbocycles. The van der Waals surface area contributed by atoms with E-state index in [1.165, 1.54) is 0 Å². The first-order valence-electron chi connectivity index (χ1n) is 4.25. The number of aryl methyl sites for hydroxylation is 1. The first-order valence-corrected chi connectivity index (χ1v) is 5.24. The highest BCUT2D eigenvalue weighted by atomic mass is 32.2. The SMILES string of the molecule is Cc1cnc(C2=N[C@H](C)CS2)cn1. The van der Waals surface area contributed by atoms with Crippen molar-refractivity contribution in [3.8, 4) is 0 Å². The molecular formula is C9H11N3S. The number of nitrogens with zero attached hydrogens (tertiary/aromatic N) is 3. The summed E-state index contributed by atoms with van der Waals surface area (Å²) in [5, 5.41) is 1.03. The molecule has 0 saturated heterocycles. The monoisotopic (exact) mass is 193 g/mol. The van der Waals surface area contributed by atoms with E-state index < -0.39 is 0 Å². The summed E-state index contributed by atoms with van der Waals surface area (Å²) in [6.45, 7) is 4.05. The summed E-state index contributed by atoms with van der Waals surface area (Å²) in [5.41, 5.74) is 1.85. The Bertz CT molecular complexity index is 331. The molecule has 0 saturated carbocycles. The second kappa shape index (κ2) is 3.46. The number of aromatic nitrogens is 2. The minimum absolute atomic E-state index is 0.420. The second-order valence-corrected chi connectivity index (χ2v) is 4.15. The van der Waals surface area contributed by atoms with E-state index in [1.54, 1.807) is 24.2 Å². The molecule has 1 aromatic rings. The van der Waals surface area contributed by atoms with Crippen LogP contribution in [0, 0.1) is 6.92 Å². The van der Waals surface area contributed by atoms with Gasteiger partial charge in [-0.25, -0.2) is 0 Å². The fourth-order valence-corrected chi connectivity index (χ4v) is 2.10. The average Bonchev–Trinajstić information content (AvgIpc) is 2.53. The van der Waals surface area contributed by atoms with Crippen LogP contribution in [0.15, 0.2) is 17.4 Å². The van der Waals surface area contributed by atoms with Crippen molar-refractivity contribution in [1.29, 1.82) is 0 Å². The molecule has 0 unspecified atom stereocenters. The third-order valence-corrected chi connectivity index (χ3v) is 3.04. The maximum absolute atomic E-state index is 4.47. The van der Waals surface area contributed by atoms with Crippen LogP contribution in [0.5, 0.6) is 0 Å². The standard InChI is InChI=1S/C9H11N3S/c1-6-3-11-8(4-10-6)9-12-7(2)5-13-9/h3-4,7H,5H2,1-2H3/t7-/m1/s1. The third kappa shape index (κ3) is 1.88. The summed E-state index contributed by atoms with van der Waals surface area (Å²) in [6, 6.07) is 0.420. The van der Waals surface area contributed by atoms with Crippen molar-refractivity contribution in [2.75, 3.05) is 5.75 Å². The average molecular weight is 193 g/mol. The Kier molecular flexibility index (Phi) is 2.31. The van der Waals surface area contributed by atoms with Gasteiger partial charge in [0.25, 0.3) is 0 Å². The summed E-state index contributed by atoms with van der Waals surface area (Å²) < 4.78 is 0. The van der Waals surface area contributed by atoms with Crippen LogP contribution in [0.25, 0.3) is 0 Å². The summed E-state index contributed by atoms with van der Waals surface area (Å²) in [5.74, 6) is 1.06. The molecule has 4 heteroatoms. The predicted octanol–water partition coefficient (Wildman–Crippen LogP) is 1.67. The minimum Gasteiger partial charge on any atom is -0.272 e. The molecule has 68 valence electrons. The van der Waals surface area contributed by atoms with Crippen molar-refractivity contribution in [2.24, 2.45) is 4.99 Å². The molecule has 1 atom stereocenters. The smallest absolute Gasteiger partial charge is 0.118 e. The molecule has 2 rings (SSSR count). The largest absolute Gasteiger partial charge is 0.272 e. The van der Waals surface area contributed by atoms with Crippen LogP contribution in [-0.4, -0.2) is 26.8 Å². The molecule has 0 bridgehead atoms. The molecule has 0 radical (unpaired) electrons. The first-order chi connectivity index (χ1) is 6.25. The number of hydrogen-bond donors (Lipinski definition) is 0. The Morgan fingerprint density at radius 2 is 2.23 bits per heavy atom. The quantitative estimate of drug-likeness (QED) is 0.681. The number of hydrogen-bond acceptors (Lipinski definition) is 4. The Labute approximate surface area is 81.7 Å². The molecule has 0 amide bonds. The van der Waals surface area contributed by atoms with E-state index in [4.69, 9.17) is 0 Å². The molecule has 1 aromatic heterocycles. The maximum atomic E-state index is 4.47. The fourth-order valence-electron chi connectivity index (χ4n) is 1.12. The number of thioether (sulfide) groups is 1. The van der Waals surface area contributed by atoms with Crippen LogP contribution < -0.4 is 0 Å². The van der Waals surface area contributed by atoms with Gasteiger partial charge in [0.05, 0.1) is 17.9 Å². The highest BCUT2D eigenvalue weighted by molar-refractivity contribution is 8.14. The second-order valence-electron chi connectivity index (χ2n) is 3.14. The van der Waals surface area contributed by atoms with Crippen molar-refractivity contribution >= 4 is 16.8 Å². The predicted molar refractivity (Wildman–Crippen MR) is 55.2 cm³/mol. The molecular weight excluding hydrogens is 182 g/mol. The zero-order valence-corrected chi connectivity index (χ0v) is 8.51. The van der Waals surface area contributed by atoms with E-state index in [2.05, 4.69) is 21.9 Å². The van der Waals surface area contributed by atoms with Gasteiger partial charge in [-0.05, 0) is 13.8 Å². The van der Waals surface area contributed by atoms with Crippen molar-refractivity contribution in [1.82, 2.24) is 9.97 Å². The first kappa shape index (κ1) is 8.69. The van der Waals surface area contributed by atoms with E-state index in [9.17, 15) is 0 Å². The van der Waals surface area contributed by atoms with Gasteiger partial charge in [-0.1, -0.05) is 0 Å². The molecule has 13 heavy (non-hydrogen) atoms. The van der Waals surface area contributed by atoms with Crippen LogP contribution in [-0.2, 0) is 0 Å². The number of aliphatic imine (C=N–C) groups is 1. The van der Waals surface area contributed by atoms with E-state index in [1.807, 2.05) is 6.92 Å². The van der Waals surface area contributed by atoms with E-state index in [0.29, 0.717) is 6.04 Å². The van der Waals surface area contributed by atoms with Gasteiger partial charge in [-0.2, -0.15) is 0 Å². The van der Waals surface area contributed by atoms with Gasteiger partial charge in [0.2, 0.25) is 0 Å². The Morgan fingerprint density at radius 1 is 1.38 bits per heavy atom. The molecule has 0 aromatic carbocycles. The summed E-state index contributed by atoms with van der Waals surface area (Å²) >= 11 is 1.76. The van der Waals surface area contributed by atoms with E-state index in [0.717, 1.165) is 22.2 Å². The van der Waals surface area contributed by atoms with Crippen LogP contribution in [0.4, 0.5) is 0 Å². The molecule has 2 heterocycles. The summed E-state index contributed by atoms with van der Waals surface area (Å²) in [6.07, 6.45) is 3.57. The highest BCUT2D eigenvalue weighted by Gasteiger charge is 2.16. The van der Waals surface area contributed by atoms with Crippen LogP contribution in [0.2, 0.25) is 0 Å². The van der Waals surface area contributed by atoms with Crippen molar-refractivity contribution in [3.05, 3.63) is 23.8 Å². The molecule has 1 aliphatic heterocycles. The van der Waals surface area contributed by atoms with Crippen molar-refractivity contribution in [3.63, 3.8) is 0 Å². The lowest BCUT2D eigenvalue weighted by Crippen LogP contribution is -1.98.